The van der Waals surface area contributed by atoms with Gasteiger partial charge in [-0.05, 0) is 55.0 Å². The Labute approximate surface area is 136 Å². The van der Waals surface area contributed by atoms with Crippen LogP contribution in [0.3, 0.4) is 0 Å². The molecule has 1 aromatic carbocycles. The standard InChI is InChI=1S/C16H27BrN2O2/c1-7-19(8-2)16(3,4)15(18)11-9-10-12(20-5)13(17)14(11)21-6/h9-10,15H,7-8,18H2,1-6H3. The monoisotopic (exact) mass is 358 g/mol. The van der Waals surface area contributed by atoms with Crippen molar-refractivity contribution in [2.75, 3.05) is 27.3 Å². The van der Waals surface area contributed by atoms with Crippen molar-refractivity contribution >= 4 is 15.9 Å². The Hall–Kier alpha value is -0.780. The van der Waals surface area contributed by atoms with Crippen molar-refractivity contribution in [3.63, 3.8) is 0 Å². The fourth-order valence-electron chi connectivity index (χ4n) is 2.78. The van der Waals surface area contributed by atoms with Crippen LogP contribution >= 0.6 is 15.9 Å². The number of rotatable bonds is 7. The van der Waals surface area contributed by atoms with E-state index in [0.717, 1.165) is 34.6 Å². The second-order valence-electron chi connectivity index (χ2n) is 5.51. The summed E-state index contributed by atoms with van der Waals surface area (Å²) in [6.07, 6.45) is 0. The number of nitrogens with two attached hydrogens (primary N) is 1. The summed E-state index contributed by atoms with van der Waals surface area (Å²) in [5.41, 5.74) is 7.38. The molecule has 0 saturated heterocycles. The number of hydrogen-bond donors (Lipinski definition) is 1. The first-order valence-electron chi connectivity index (χ1n) is 7.26. The summed E-state index contributed by atoms with van der Waals surface area (Å²) in [6, 6.07) is 3.73. The number of likely N-dealkylation sites (N-methyl/N-ethyl adjacent to an activating group) is 1. The maximum Gasteiger partial charge on any atom is 0.141 e. The summed E-state index contributed by atoms with van der Waals surface area (Å²) in [7, 11) is 3.29. The lowest BCUT2D eigenvalue weighted by atomic mass is 9.87. The van der Waals surface area contributed by atoms with Crippen LogP contribution in [0.4, 0.5) is 0 Å². The molecule has 1 unspecified atom stereocenters. The van der Waals surface area contributed by atoms with E-state index in [1.807, 2.05) is 12.1 Å². The van der Waals surface area contributed by atoms with Crippen LogP contribution in [0.1, 0.15) is 39.3 Å². The van der Waals surface area contributed by atoms with Crippen LogP contribution in [0.2, 0.25) is 0 Å². The van der Waals surface area contributed by atoms with Crippen LogP contribution in [0.25, 0.3) is 0 Å². The van der Waals surface area contributed by atoms with Crippen LogP contribution in [0, 0.1) is 0 Å². The first kappa shape index (κ1) is 18.3. The van der Waals surface area contributed by atoms with E-state index in [9.17, 15) is 0 Å². The first-order chi connectivity index (χ1) is 9.84. The predicted octanol–water partition coefficient (Wildman–Crippen LogP) is 3.59. The third kappa shape index (κ3) is 3.52. The van der Waals surface area contributed by atoms with Gasteiger partial charge in [-0.3, -0.25) is 4.90 Å². The van der Waals surface area contributed by atoms with E-state index < -0.39 is 0 Å². The van der Waals surface area contributed by atoms with Gasteiger partial charge >= 0.3 is 0 Å². The minimum absolute atomic E-state index is 0.172. The third-order valence-corrected chi connectivity index (χ3v) is 4.94. The molecular weight excluding hydrogens is 332 g/mol. The van der Waals surface area contributed by atoms with Gasteiger partial charge in [-0.2, -0.15) is 0 Å². The summed E-state index contributed by atoms with van der Waals surface area (Å²) in [4.78, 5) is 2.36. The smallest absolute Gasteiger partial charge is 0.141 e. The van der Waals surface area contributed by atoms with Crippen molar-refractivity contribution in [3.8, 4) is 11.5 Å². The molecule has 0 spiro atoms. The molecule has 0 fully saturated rings. The fourth-order valence-corrected chi connectivity index (χ4v) is 3.46. The van der Waals surface area contributed by atoms with Crippen molar-refractivity contribution < 1.29 is 9.47 Å². The van der Waals surface area contributed by atoms with Crippen molar-refractivity contribution in [3.05, 3.63) is 22.2 Å². The SMILES string of the molecule is CCN(CC)C(C)(C)C(N)c1ccc(OC)c(Br)c1OC. The average Bonchev–Trinajstić information content (AvgIpc) is 2.47. The van der Waals surface area contributed by atoms with Gasteiger partial charge in [0.05, 0.1) is 20.3 Å². The fraction of sp³-hybridized carbons (Fsp3) is 0.625. The summed E-state index contributed by atoms with van der Waals surface area (Å²) < 4.78 is 11.7. The number of benzene rings is 1. The Kier molecular flexibility index (Phi) is 6.50. The Bertz CT molecular complexity index is 474. The second-order valence-corrected chi connectivity index (χ2v) is 6.30. The number of methoxy groups -OCH3 is 2. The van der Waals surface area contributed by atoms with Crippen LogP contribution in [-0.4, -0.2) is 37.7 Å². The van der Waals surface area contributed by atoms with Gasteiger partial charge in [0.15, 0.2) is 0 Å². The van der Waals surface area contributed by atoms with E-state index in [0.29, 0.717) is 0 Å². The topological polar surface area (TPSA) is 47.7 Å². The van der Waals surface area contributed by atoms with Gasteiger partial charge in [0.2, 0.25) is 0 Å². The molecule has 1 rings (SSSR count). The predicted molar refractivity (Wildman–Crippen MR) is 91.2 cm³/mol. The zero-order valence-electron chi connectivity index (χ0n) is 13.9. The maximum absolute atomic E-state index is 6.58. The highest BCUT2D eigenvalue weighted by molar-refractivity contribution is 9.10. The van der Waals surface area contributed by atoms with Gasteiger partial charge in [-0.1, -0.05) is 13.8 Å². The molecule has 21 heavy (non-hydrogen) atoms. The van der Waals surface area contributed by atoms with Crippen LogP contribution in [0.15, 0.2) is 16.6 Å². The molecule has 0 aliphatic rings. The van der Waals surface area contributed by atoms with E-state index in [4.69, 9.17) is 15.2 Å². The molecule has 2 N–H and O–H groups in total. The van der Waals surface area contributed by atoms with Crippen molar-refractivity contribution in [1.29, 1.82) is 0 Å². The quantitative estimate of drug-likeness (QED) is 0.808. The summed E-state index contributed by atoms with van der Waals surface area (Å²) in [5, 5.41) is 0. The molecule has 0 saturated carbocycles. The highest BCUT2D eigenvalue weighted by Crippen LogP contribution is 2.42. The molecule has 1 atom stereocenters. The lowest BCUT2D eigenvalue weighted by molar-refractivity contribution is 0.106. The zero-order chi connectivity index (χ0) is 16.2. The molecule has 0 aliphatic heterocycles. The maximum atomic E-state index is 6.58. The van der Waals surface area contributed by atoms with Gasteiger partial charge < -0.3 is 15.2 Å². The van der Waals surface area contributed by atoms with Gasteiger partial charge in [-0.25, -0.2) is 0 Å². The molecule has 5 heteroatoms. The Morgan fingerprint density at radius 2 is 1.76 bits per heavy atom. The van der Waals surface area contributed by atoms with Crippen LogP contribution < -0.4 is 15.2 Å². The number of hydrogen-bond acceptors (Lipinski definition) is 4. The van der Waals surface area contributed by atoms with Crippen LogP contribution in [0.5, 0.6) is 11.5 Å². The van der Waals surface area contributed by atoms with E-state index in [-0.39, 0.29) is 11.6 Å². The molecule has 0 bridgehead atoms. The van der Waals surface area contributed by atoms with E-state index >= 15 is 0 Å². The zero-order valence-corrected chi connectivity index (χ0v) is 15.5. The van der Waals surface area contributed by atoms with Gasteiger partial charge in [0.1, 0.15) is 16.0 Å². The average molecular weight is 359 g/mol. The van der Waals surface area contributed by atoms with E-state index in [1.54, 1.807) is 14.2 Å². The van der Waals surface area contributed by atoms with Crippen molar-refractivity contribution in [2.24, 2.45) is 5.73 Å². The Morgan fingerprint density at radius 3 is 2.19 bits per heavy atom. The highest BCUT2D eigenvalue weighted by Gasteiger charge is 2.34. The Balaban J connectivity index is 3.29. The number of nitrogens with zero attached hydrogens (tertiary/aromatic N) is 1. The molecule has 120 valence electrons. The Morgan fingerprint density at radius 1 is 1.19 bits per heavy atom. The minimum Gasteiger partial charge on any atom is -0.495 e. The second kappa shape index (κ2) is 7.47. The lowest BCUT2D eigenvalue weighted by Gasteiger charge is -2.42. The molecule has 0 heterocycles. The van der Waals surface area contributed by atoms with E-state index in [1.165, 1.54) is 0 Å². The van der Waals surface area contributed by atoms with Crippen molar-refractivity contribution in [1.82, 2.24) is 4.90 Å². The largest absolute Gasteiger partial charge is 0.495 e. The summed E-state index contributed by atoms with van der Waals surface area (Å²) in [5.74, 6) is 1.48. The molecule has 1 aromatic rings. The molecule has 0 radical (unpaired) electrons. The molecule has 0 aliphatic carbocycles. The first-order valence-corrected chi connectivity index (χ1v) is 8.05. The van der Waals surface area contributed by atoms with Gasteiger partial charge in [0, 0.05) is 11.1 Å². The molecular formula is C16H27BrN2O2. The van der Waals surface area contributed by atoms with E-state index in [2.05, 4.69) is 48.5 Å². The summed E-state index contributed by atoms with van der Waals surface area (Å²) >= 11 is 3.54. The van der Waals surface area contributed by atoms with Gasteiger partial charge in [-0.15, -0.1) is 0 Å². The molecule has 0 amide bonds. The van der Waals surface area contributed by atoms with Gasteiger partial charge in [0.25, 0.3) is 0 Å². The summed E-state index contributed by atoms with van der Waals surface area (Å²) in [6.45, 7) is 10.6. The molecule has 4 nitrogen and oxygen atoms in total. The number of halogens is 1. The van der Waals surface area contributed by atoms with Crippen molar-refractivity contribution in [2.45, 2.75) is 39.3 Å². The molecule has 0 aromatic heterocycles. The minimum atomic E-state index is -0.176. The van der Waals surface area contributed by atoms with Crippen LogP contribution in [-0.2, 0) is 0 Å². The normalized spacial score (nSPS) is 13.4. The lowest BCUT2D eigenvalue weighted by Crippen LogP contribution is -2.51. The number of ether oxygens (including phenoxy) is 2. The highest BCUT2D eigenvalue weighted by atomic mass is 79.9. The third-order valence-electron chi connectivity index (χ3n) is 4.19.